The number of fused-ring (bicyclic) bond motifs is 2. The summed E-state index contributed by atoms with van der Waals surface area (Å²) in [6, 6.07) is 5.63. The summed E-state index contributed by atoms with van der Waals surface area (Å²) in [4.78, 5) is 16.5. The smallest absolute Gasteiger partial charge is 0.243 e. The second-order valence-corrected chi connectivity index (χ2v) is 7.41. The number of carbonyl (C=O) groups excluding carboxylic acids is 1. The number of hydroxylamine groups is 1. The Morgan fingerprint density at radius 3 is 2.74 bits per heavy atom. The molecule has 0 aliphatic heterocycles. The molecule has 2 bridgehead atoms. The average molecular weight is 380 g/mol. The molecule has 8 heteroatoms. The van der Waals surface area contributed by atoms with Crippen molar-refractivity contribution in [2.45, 2.75) is 50.5 Å². The molecule has 0 spiro atoms. The molecular formula is C19H28N2O6. The average Bonchev–Trinajstić information content (AvgIpc) is 3.30. The topological polar surface area (TPSA) is 109 Å². The second kappa shape index (κ2) is 9.36. The third-order valence-corrected chi connectivity index (χ3v) is 5.80. The maximum atomic E-state index is 11.7. The van der Waals surface area contributed by atoms with Gasteiger partial charge in [0.05, 0.1) is 13.7 Å². The van der Waals surface area contributed by atoms with E-state index < -0.39 is 5.91 Å². The van der Waals surface area contributed by atoms with Crippen molar-refractivity contribution < 1.29 is 29.5 Å². The van der Waals surface area contributed by atoms with Crippen molar-refractivity contribution in [3.05, 3.63) is 23.8 Å². The van der Waals surface area contributed by atoms with Crippen molar-refractivity contribution >= 4 is 5.91 Å². The molecule has 1 aromatic rings. The molecule has 2 saturated carbocycles. The predicted octanol–water partition coefficient (Wildman–Crippen LogP) is 2.54. The van der Waals surface area contributed by atoms with Crippen molar-refractivity contribution in [3.8, 4) is 11.5 Å². The van der Waals surface area contributed by atoms with Gasteiger partial charge in [0.25, 0.3) is 0 Å². The summed E-state index contributed by atoms with van der Waals surface area (Å²) in [5, 5.41) is 17.4. The van der Waals surface area contributed by atoms with Crippen LogP contribution in [-0.2, 0) is 9.63 Å². The maximum absolute atomic E-state index is 11.7. The number of nitrogens with one attached hydrogen (secondary N) is 2. The standard InChI is InChI=1S/C19H28N2O6/c1-25-16-5-4-13(14(6-7-26-21-24)11-19(22)20-23)10-18(16)27-17-9-12-2-3-15(17)8-12/h4-5,10,12,14-15,17,21,23-24H,2-3,6-9,11H2,1H3,(H,20,22). The maximum Gasteiger partial charge on any atom is 0.243 e. The van der Waals surface area contributed by atoms with E-state index in [1.54, 1.807) is 18.2 Å². The Bertz CT molecular complexity index is 641. The fourth-order valence-corrected chi connectivity index (χ4v) is 4.44. The highest BCUT2D eigenvalue weighted by molar-refractivity contribution is 5.75. The van der Waals surface area contributed by atoms with Crippen molar-refractivity contribution in [1.82, 2.24) is 11.1 Å². The molecule has 0 aromatic heterocycles. The number of benzene rings is 1. The zero-order valence-corrected chi connectivity index (χ0v) is 15.5. The molecular weight excluding hydrogens is 352 g/mol. The van der Waals surface area contributed by atoms with Gasteiger partial charge in [-0.15, -0.1) is 0 Å². The molecule has 2 aliphatic rings. The molecule has 0 heterocycles. The largest absolute Gasteiger partial charge is 0.493 e. The van der Waals surface area contributed by atoms with Gasteiger partial charge in [-0.3, -0.25) is 20.0 Å². The van der Waals surface area contributed by atoms with E-state index in [4.69, 9.17) is 24.7 Å². The van der Waals surface area contributed by atoms with Gasteiger partial charge in [-0.05, 0) is 67.6 Å². The lowest BCUT2D eigenvalue weighted by Gasteiger charge is -2.25. The zero-order valence-electron chi connectivity index (χ0n) is 15.5. The van der Waals surface area contributed by atoms with Crippen LogP contribution < -0.4 is 20.6 Å². The first-order valence-electron chi connectivity index (χ1n) is 9.43. The van der Waals surface area contributed by atoms with Crippen molar-refractivity contribution in [2.24, 2.45) is 11.8 Å². The number of ether oxygens (including phenoxy) is 2. The number of amides is 1. The molecule has 8 nitrogen and oxygen atoms in total. The molecule has 150 valence electrons. The van der Waals surface area contributed by atoms with Crippen molar-refractivity contribution in [3.63, 3.8) is 0 Å². The van der Waals surface area contributed by atoms with E-state index in [1.807, 2.05) is 18.2 Å². The quantitative estimate of drug-likeness (QED) is 0.280. The predicted molar refractivity (Wildman–Crippen MR) is 95.6 cm³/mol. The summed E-state index contributed by atoms with van der Waals surface area (Å²) < 4.78 is 11.8. The minimum absolute atomic E-state index is 0.0885. The lowest BCUT2D eigenvalue weighted by atomic mass is 9.92. The molecule has 2 aliphatic carbocycles. The number of carbonyl (C=O) groups is 1. The number of rotatable bonds is 10. The van der Waals surface area contributed by atoms with Gasteiger partial charge in [-0.25, -0.2) is 5.48 Å². The minimum Gasteiger partial charge on any atom is -0.493 e. The Morgan fingerprint density at radius 1 is 1.26 bits per heavy atom. The van der Waals surface area contributed by atoms with Gasteiger partial charge in [0, 0.05) is 6.42 Å². The van der Waals surface area contributed by atoms with Gasteiger partial charge in [0.1, 0.15) is 6.10 Å². The summed E-state index contributed by atoms with van der Waals surface area (Å²) in [6.45, 7) is 0.203. The van der Waals surface area contributed by atoms with Crippen LogP contribution >= 0.6 is 0 Å². The molecule has 4 N–H and O–H groups in total. The molecule has 4 atom stereocenters. The van der Waals surface area contributed by atoms with E-state index in [-0.39, 0.29) is 25.0 Å². The first-order valence-corrected chi connectivity index (χ1v) is 9.43. The number of hydrogen-bond acceptors (Lipinski definition) is 7. The van der Waals surface area contributed by atoms with Crippen LogP contribution in [-0.4, -0.2) is 36.1 Å². The minimum atomic E-state index is -0.483. The molecule has 4 unspecified atom stereocenters. The fraction of sp³-hybridized carbons (Fsp3) is 0.632. The molecule has 1 aromatic carbocycles. The third kappa shape index (κ3) is 4.90. The van der Waals surface area contributed by atoms with Gasteiger partial charge < -0.3 is 9.47 Å². The highest BCUT2D eigenvalue weighted by atomic mass is 16.8. The van der Waals surface area contributed by atoms with E-state index in [0.29, 0.717) is 23.8 Å². The van der Waals surface area contributed by atoms with Gasteiger partial charge in [-0.2, -0.15) is 0 Å². The van der Waals surface area contributed by atoms with Crippen LogP contribution in [0.25, 0.3) is 0 Å². The Kier molecular flexibility index (Phi) is 6.89. The Balaban J connectivity index is 1.76. The summed E-state index contributed by atoms with van der Waals surface area (Å²) in [5.74, 6) is 2.05. The Morgan fingerprint density at radius 2 is 2.11 bits per heavy atom. The molecule has 1 amide bonds. The molecule has 2 fully saturated rings. The highest BCUT2D eigenvalue weighted by Gasteiger charge is 2.41. The van der Waals surface area contributed by atoms with Crippen molar-refractivity contribution in [1.29, 1.82) is 0 Å². The van der Waals surface area contributed by atoms with E-state index in [1.165, 1.54) is 19.3 Å². The Labute approximate surface area is 158 Å². The van der Waals surface area contributed by atoms with Crippen LogP contribution in [0.2, 0.25) is 0 Å². The summed E-state index contributed by atoms with van der Waals surface area (Å²) in [5.41, 5.74) is 4.20. The van der Waals surface area contributed by atoms with Gasteiger partial charge in [0.2, 0.25) is 5.91 Å². The molecule has 27 heavy (non-hydrogen) atoms. The SMILES string of the molecule is COc1ccc(C(CCONO)CC(=O)NO)cc1OC1CC2CCC1C2. The van der Waals surface area contributed by atoms with E-state index in [2.05, 4.69) is 0 Å². The molecule has 0 saturated heterocycles. The second-order valence-electron chi connectivity index (χ2n) is 7.41. The van der Waals surface area contributed by atoms with Crippen LogP contribution in [0.1, 0.15) is 50.0 Å². The normalized spacial score (nSPS) is 24.6. The molecule has 3 rings (SSSR count). The van der Waals surface area contributed by atoms with E-state index >= 15 is 0 Å². The third-order valence-electron chi connectivity index (χ3n) is 5.80. The molecule has 0 radical (unpaired) electrons. The van der Waals surface area contributed by atoms with Gasteiger partial charge in [0.15, 0.2) is 11.5 Å². The summed E-state index contributed by atoms with van der Waals surface area (Å²) in [7, 11) is 1.61. The van der Waals surface area contributed by atoms with E-state index in [9.17, 15) is 4.79 Å². The summed E-state index contributed by atoms with van der Waals surface area (Å²) >= 11 is 0. The first kappa shape index (κ1) is 19.9. The van der Waals surface area contributed by atoms with Gasteiger partial charge in [-0.1, -0.05) is 11.7 Å². The van der Waals surface area contributed by atoms with Crippen molar-refractivity contribution in [2.75, 3.05) is 13.7 Å². The summed E-state index contributed by atoms with van der Waals surface area (Å²) in [6.07, 6.45) is 5.64. The van der Waals surface area contributed by atoms with Crippen LogP contribution in [0.15, 0.2) is 18.2 Å². The van der Waals surface area contributed by atoms with Crippen LogP contribution in [0.3, 0.4) is 0 Å². The lowest BCUT2D eigenvalue weighted by Crippen LogP contribution is -2.24. The van der Waals surface area contributed by atoms with Crippen LogP contribution in [0.4, 0.5) is 0 Å². The zero-order chi connectivity index (χ0) is 19.2. The van der Waals surface area contributed by atoms with Gasteiger partial charge >= 0.3 is 0 Å². The van der Waals surface area contributed by atoms with E-state index in [0.717, 1.165) is 17.9 Å². The highest BCUT2D eigenvalue weighted by Crippen LogP contribution is 2.47. The fourth-order valence-electron chi connectivity index (χ4n) is 4.44. The number of methoxy groups -OCH3 is 1. The van der Waals surface area contributed by atoms with Crippen LogP contribution in [0, 0.1) is 11.8 Å². The Hall–Kier alpha value is -1.87. The van der Waals surface area contributed by atoms with Crippen LogP contribution in [0.5, 0.6) is 11.5 Å². The lowest BCUT2D eigenvalue weighted by molar-refractivity contribution is -0.132. The number of hydrogen-bond donors (Lipinski definition) is 4. The first-order chi connectivity index (χ1) is 13.1. The monoisotopic (exact) mass is 380 g/mol.